The lowest BCUT2D eigenvalue weighted by Crippen LogP contribution is -2.35. The summed E-state index contributed by atoms with van der Waals surface area (Å²) < 4.78 is 1.63. The second kappa shape index (κ2) is 5.88. The lowest BCUT2D eigenvalue weighted by molar-refractivity contribution is -0.123. The maximum absolute atomic E-state index is 12.1. The molecule has 5 nitrogen and oxygen atoms in total. The third kappa shape index (κ3) is 3.24. The first-order valence-corrected chi connectivity index (χ1v) is 6.58. The maximum Gasteiger partial charge on any atom is 0.242 e. The fraction of sp³-hybridized carbons (Fsp3) is 0.333. The highest BCUT2D eigenvalue weighted by Gasteiger charge is 2.19. The van der Waals surface area contributed by atoms with Gasteiger partial charge in [0.1, 0.15) is 6.04 Å². The van der Waals surface area contributed by atoms with Gasteiger partial charge in [-0.25, -0.2) is 0 Å². The lowest BCUT2D eigenvalue weighted by atomic mass is 10.1. The highest BCUT2D eigenvalue weighted by Crippen LogP contribution is 2.15. The van der Waals surface area contributed by atoms with E-state index >= 15 is 0 Å². The predicted octanol–water partition coefficient (Wildman–Crippen LogP) is 1.61. The summed E-state index contributed by atoms with van der Waals surface area (Å²) in [6, 6.07) is 7.30. The van der Waals surface area contributed by atoms with Crippen molar-refractivity contribution in [3.05, 3.63) is 53.3 Å². The van der Waals surface area contributed by atoms with E-state index in [9.17, 15) is 4.79 Å². The number of aryl methyl sites for hydroxylation is 2. The van der Waals surface area contributed by atoms with Crippen LogP contribution in [-0.4, -0.2) is 15.7 Å². The van der Waals surface area contributed by atoms with Crippen LogP contribution < -0.4 is 11.1 Å². The summed E-state index contributed by atoms with van der Waals surface area (Å²) in [4.78, 5) is 12.1. The summed E-state index contributed by atoms with van der Waals surface area (Å²) in [6.45, 7) is 3.98. The van der Waals surface area contributed by atoms with E-state index in [0.717, 1.165) is 5.56 Å². The molecule has 3 N–H and O–H groups in total. The van der Waals surface area contributed by atoms with Crippen LogP contribution >= 0.6 is 0 Å². The number of hydrogen-bond acceptors (Lipinski definition) is 3. The van der Waals surface area contributed by atoms with Gasteiger partial charge >= 0.3 is 0 Å². The minimum atomic E-state index is -0.698. The third-order valence-corrected chi connectivity index (χ3v) is 3.30. The first-order valence-electron chi connectivity index (χ1n) is 6.58. The van der Waals surface area contributed by atoms with Gasteiger partial charge in [-0.1, -0.05) is 29.8 Å². The molecule has 2 rings (SSSR count). The van der Waals surface area contributed by atoms with Gasteiger partial charge in [0.25, 0.3) is 0 Å². The molecule has 5 heteroatoms. The van der Waals surface area contributed by atoms with E-state index in [-0.39, 0.29) is 11.9 Å². The van der Waals surface area contributed by atoms with Gasteiger partial charge in [0.05, 0.1) is 12.2 Å². The number of aromatic nitrogens is 2. The van der Waals surface area contributed by atoms with E-state index in [1.165, 1.54) is 5.56 Å². The van der Waals surface area contributed by atoms with Crippen LogP contribution in [0.2, 0.25) is 0 Å². The Kier molecular flexibility index (Phi) is 4.20. The Hall–Kier alpha value is -2.14. The molecule has 1 amide bonds. The average Bonchev–Trinajstić information content (AvgIpc) is 2.85. The molecule has 1 heterocycles. The molecule has 20 heavy (non-hydrogen) atoms. The number of rotatable bonds is 4. The number of carbonyl (C=O) groups excluding carboxylic acids is 1. The SMILES string of the molecule is Cc1ccc(C(C)NC(=O)C(N)c2cnn(C)c2)cc1. The minimum absolute atomic E-state index is 0.0779. The van der Waals surface area contributed by atoms with E-state index in [1.54, 1.807) is 24.1 Å². The number of nitrogens with two attached hydrogens (primary N) is 1. The van der Waals surface area contributed by atoms with Crippen molar-refractivity contribution in [1.29, 1.82) is 0 Å². The van der Waals surface area contributed by atoms with Crippen molar-refractivity contribution >= 4 is 5.91 Å². The van der Waals surface area contributed by atoms with Gasteiger partial charge in [0.2, 0.25) is 5.91 Å². The van der Waals surface area contributed by atoms with E-state index in [4.69, 9.17) is 5.73 Å². The number of carbonyl (C=O) groups is 1. The summed E-state index contributed by atoms with van der Waals surface area (Å²) >= 11 is 0. The standard InChI is InChI=1S/C15H20N4O/c1-10-4-6-12(7-5-10)11(2)18-15(20)14(16)13-8-17-19(3)9-13/h4-9,11,14H,16H2,1-3H3,(H,18,20). The van der Waals surface area contributed by atoms with Gasteiger partial charge in [0, 0.05) is 18.8 Å². The van der Waals surface area contributed by atoms with Crippen LogP contribution in [0, 0.1) is 6.92 Å². The number of benzene rings is 1. The van der Waals surface area contributed by atoms with E-state index in [2.05, 4.69) is 10.4 Å². The predicted molar refractivity (Wildman–Crippen MR) is 77.9 cm³/mol. The largest absolute Gasteiger partial charge is 0.348 e. The Labute approximate surface area is 118 Å². The zero-order valence-electron chi connectivity index (χ0n) is 12.0. The zero-order valence-corrected chi connectivity index (χ0v) is 12.0. The molecule has 0 bridgehead atoms. The Balaban J connectivity index is 2.02. The highest BCUT2D eigenvalue weighted by atomic mass is 16.2. The molecule has 0 aliphatic rings. The van der Waals surface area contributed by atoms with Crippen LogP contribution in [-0.2, 0) is 11.8 Å². The van der Waals surface area contributed by atoms with E-state index in [0.29, 0.717) is 5.56 Å². The number of amides is 1. The molecule has 0 fully saturated rings. The van der Waals surface area contributed by atoms with Crippen LogP contribution in [0.25, 0.3) is 0 Å². The molecule has 0 saturated heterocycles. The van der Waals surface area contributed by atoms with Gasteiger partial charge in [0.15, 0.2) is 0 Å². The fourth-order valence-corrected chi connectivity index (χ4v) is 1.99. The third-order valence-electron chi connectivity index (χ3n) is 3.30. The summed E-state index contributed by atoms with van der Waals surface area (Å²) in [5, 5.41) is 6.95. The summed E-state index contributed by atoms with van der Waals surface area (Å²) in [5.41, 5.74) is 8.90. The fourth-order valence-electron chi connectivity index (χ4n) is 1.99. The molecule has 0 aliphatic heterocycles. The summed E-state index contributed by atoms with van der Waals surface area (Å²) in [5.74, 6) is -0.203. The smallest absolute Gasteiger partial charge is 0.242 e. The molecular weight excluding hydrogens is 252 g/mol. The molecule has 2 atom stereocenters. The van der Waals surface area contributed by atoms with Crippen LogP contribution in [0.1, 0.15) is 35.7 Å². The van der Waals surface area contributed by atoms with Crippen molar-refractivity contribution in [2.45, 2.75) is 25.9 Å². The van der Waals surface area contributed by atoms with Crippen molar-refractivity contribution in [3.8, 4) is 0 Å². The monoisotopic (exact) mass is 272 g/mol. The second-order valence-electron chi connectivity index (χ2n) is 5.07. The number of nitrogens with one attached hydrogen (secondary N) is 1. The second-order valence-corrected chi connectivity index (χ2v) is 5.07. The van der Waals surface area contributed by atoms with Crippen molar-refractivity contribution in [1.82, 2.24) is 15.1 Å². The van der Waals surface area contributed by atoms with Gasteiger partial charge in [-0.05, 0) is 19.4 Å². The Morgan fingerprint density at radius 2 is 1.95 bits per heavy atom. The first kappa shape index (κ1) is 14.3. The van der Waals surface area contributed by atoms with Crippen LogP contribution in [0.3, 0.4) is 0 Å². The van der Waals surface area contributed by atoms with Crippen molar-refractivity contribution in [2.24, 2.45) is 12.8 Å². The number of nitrogens with zero attached hydrogens (tertiary/aromatic N) is 2. The Morgan fingerprint density at radius 3 is 2.50 bits per heavy atom. The molecule has 1 aromatic heterocycles. The quantitative estimate of drug-likeness (QED) is 0.888. The van der Waals surface area contributed by atoms with Gasteiger partial charge in [-0.2, -0.15) is 5.10 Å². The molecule has 2 unspecified atom stereocenters. The summed E-state index contributed by atoms with van der Waals surface area (Å²) in [6.07, 6.45) is 3.36. The molecule has 1 aromatic carbocycles. The van der Waals surface area contributed by atoms with Gasteiger partial charge < -0.3 is 11.1 Å². The molecule has 0 saturated carbocycles. The zero-order chi connectivity index (χ0) is 14.7. The van der Waals surface area contributed by atoms with Crippen molar-refractivity contribution in [3.63, 3.8) is 0 Å². The highest BCUT2D eigenvalue weighted by molar-refractivity contribution is 5.83. The van der Waals surface area contributed by atoms with Crippen molar-refractivity contribution in [2.75, 3.05) is 0 Å². The minimum Gasteiger partial charge on any atom is -0.348 e. The summed E-state index contributed by atoms with van der Waals surface area (Å²) in [7, 11) is 1.79. The normalized spacial score (nSPS) is 13.8. The molecular formula is C15H20N4O. The van der Waals surface area contributed by atoms with Crippen LogP contribution in [0.15, 0.2) is 36.7 Å². The van der Waals surface area contributed by atoms with Crippen LogP contribution in [0.5, 0.6) is 0 Å². The van der Waals surface area contributed by atoms with Gasteiger partial charge in [-0.15, -0.1) is 0 Å². The topological polar surface area (TPSA) is 72.9 Å². The molecule has 0 spiro atoms. The molecule has 0 radical (unpaired) electrons. The molecule has 106 valence electrons. The molecule has 2 aromatic rings. The maximum atomic E-state index is 12.1. The van der Waals surface area contributed by atoms with E-state index < -0.39 is 6.04 Å². The first-order chi connectivity index (χ1) is 9.47. The lowest BCUT2D eigenvalue weighted by Gasteiger charge is -2.17. The van der Waals surface area contributed by atoms with E-state index in [1.807, 2.05) is 38.1 Å². The average molecular weight is 272 g/mol. The number of hydrogen-bond donors (Lipinski definition) is 2. The van der Waals surface area contributed by atoms with Crippen molar-refractivity contribution < 1.29 is 4.79 Å². The van der Waals surface area contributed by atoms with Gasteiger partial charge in [-0.3, -0.25) is 9.48 Å². The Bertz CT molecular complexity index is 588. The Morgan fingerprint density at radius 1 is 1.30 bits per heavy atom. The van der Waals surface area contributed by atoms with Crippen LogP contribution in [0.4, 0.5) is 0 Å². The molecule has 0 aliphatic carbocycles.